The maximum absolute atomic E-state index is 12.9. The normalized spacial score (nSPS) is 12.5. The van der Waals surface area contributed by atoms with Crippen molar-refractivity contribution in [2.45, 2.75) is 6.17 Å². The van der Waals surface area contributed by atoms with E-state index in [1.807, 2.05) is 6.07 Å². The first kappa shape index (κ1) is 8.47. The van der Waals surface area contributed by atoms with Crippen LogP contribution in [0.25, 0.3) is 0 Å². The van der Waals surface area contributed by atoms with E-state index in [-0.39, 0.29) is 0 Å². The summed E-state index contributed by atoms with van der Waals surface area (Å²) in [4.78, 5) is 0. The van der Waals surface area contributed by atoms with Gasteiger partial charge in [-0.1, -0.05) is 40.7 Å². The zero-order valence-corrected chi connectivity index (χ0v) is 7.51. The molecule has 1 unspecified atom stereocenters. The third-order valence-electron chi connectivity index (χ3n) is 1.37. The first-order valence-electron chi connectivity index (χ1n) is 3.26. The van der Waals surface area contributed by atoms with E-state index in [9.17, 15) is 4.39 Å². The van der Waals surface area contributed by atoms with E-state index in [1.54, 1.807) is 18.2 Å². The van der Waals surface area contributed by atoms with Crippen LogP contribution in [-0.4, -0.2) is 0 Å². The van der Waals surface area contributed by atoms with Crippen molar-refractivity contribution in [2.24, 2.45) is 0 Å². The predicted molar refractivity (Wildman–Crippen MR) is 48.2 cm³/mol. The second-order valence-corrected chi connectivity index (χ2v) is 3.11. The Hall–Kier alpha value is -0.630. The molecule has 0 radical (unpaired) electrons. The summed E-state index contributed by atoms with van der Waals surface area (Å²) in [5.41, 5.74) is 0.634. The SMILES string of the molecule is C=CC(F)c1cccc(Br)c1. The highest BCUT2D eigenvalue weighted by molar-refractivity contribution is 9.10. The molecule has 1 atom stereocenters. The summed E-state index contributed by atoms with van der Waals surface area (Å²) in [6.45, 7) is 3.38. The maximum atomic E-state index is 12.9. The highest BCUT2D eigenvalue weighted by Crippen LogP contribution is 2.21. The Balaban J connectivity index is 2.95. The van der Waals surface area contributed by atoms with Gasteiger partial charge in [0.05, 0.1) is 0 Å². The highest BCUT2D eigenvalue weighted by atomic mass is 79.9. The minimum absolute atomic E-state index is 0.634. The van der Waals surface area contributed by atoms with Crippen LogP contribution in [0, 0.1) is 0 Å². The van der Waals surface area contributed by atoms with Gasteiger partial charge < -0.3 is 0 Å². The van der Waals surface area contributed by atoms with Gasteiger partial charge in [-0.15, -0.1) is 0 Å². The third kappa shape index (κ3) is 2.15. The van der Waals surface area contributed by atoms with Crippen LogP contribution < -0.4 is 0 Å². The summed E-state index contributed by atoms with van der Waals surface area (Å²) in [6.07, 6.45) is 0.217. The van der Waals surface area contributed by atoms with Gasteiger partial charge in [-0.05, 0) is 17.7 Å². The maximum Gasteiger partial charge on any atom is 0.143 e. The van der Waals surface area contributed by atoms with Crippen molar-refractivity contribution in [1.29, 1.82) is 0 Å². The standard InChI is InChI=1S/C9H8BrF/c1-2-9(11)7-4-3-5-8(10)6-7/h2-6,9H,1H2. The molecule has 1 aromatic rings. The second kappa shape index (κ2) is 3.67. The van der Waals surface area contributed by atoms with Gasteiger partial charge in [0, 0.05) is 4.47 Å². The van der Waals surface area contributed by atoms with Gasteiger partial charge in [0.15, 0.2) is 0 Å². The largest absolute Gasteiger partial charge is 0.238 e. The molecule has 0 amide bonds. The van der Waals surface area contributed by atoms with Crippen molar-refractivity contribution < 1.29 is 4.39 Å². The van der Waals surface area contributed by atoms with E-state index in [1.165, 1.54) is 6.08 Å². The summed E-state index contributed by atoms with van der Waals surface area (Å²) in [5.74, 6) is 0. The van der Waals surface area contributed by atoms with Gasteiger partial charge in [-0.25, -0.2) is 4.39 Å². The molecule has 0 N–H and O–H groups in total. The zero-order chi connectivity index (χ0) is 8.27. The summed E-state index contributed by atoms with van der Waals surface area (Å²) in [5, 5.41) is 0. The lowest BCUT2D eigenvalue weighted by atomic mass is 10.1. The van der Waals surface area contributed by atoms with Crippen LogP contribution in [-0.2, 0) is 0 Å². The fourth-order valence-corrected chi connectivity index (χ4v) is 1.23. The van der Waals surface area contributed by atoms with Crippen LogP contribution in [0.1, 0.15) is 11.7 Å². The Morgan fingerprint density at radius 3 is 2.82 bits per heavy atom. The molecular formula is C9H8BrF. The van der Waals surface area contributed by atoms with E-state index >= 15 is 0 Å². The molecule has 58 valence electrons. The summed E-state index contributed by atoms with van der Waals surface area (Å²) < 4.78 is 13.8. The molecule has 0 saturated heterocycles. The molecule has 0 nitrogen and oxygen atoms in total. The number of allylic oxidation sites excluding steroid dienone is 1. The van der Waals surface area contributed by atoms with Crippen molar-refractivity contribution in [3.8, 4) is 0 Å². The van der Waals surface area contributed by atoms with E-state index < -0.39 is 6.17 Å². The number of halogens is 2. The molecule has 0 spiro atoms. The molecule has 0 aliphatic heterocycles. The highest BCUT2D eigenvalue weighted by Gasteiger charge is 2.03. The first-order chi connectivity index (χ1) is 5.24. The van der Waals surface area contributed by atoms with E-state index in [0.717, 1.165) is 4.47 Å². The molecule has 11 heavy (non-hydrogen) atoms. The summed E-state index contributed by atoms with van der Waals surface area (Å²) in [7, 11) is 0. The molecule has 0 aliphatic rings. The Bertz CT molecular complexity index is 257. The monoisotopic (exact) mass is 214 g/mol. The number of benzene rings is 1. The summed E-state index contributed by atoms with van der Waals surface area (Å²) >= 11 is 3.26. The van der Waals surface area contributed by atoms with Gasteiger partial charge in [0.25, 0.3) is 0 Å². The number of alkyl halides is 1. The van der Waals surface area contributed by atoms with Crippen LogP contribution in [0.5, 0.6) is 0 Å². The van der Waals surface area contributed by atoms with Gasteiger partial charge in [0.2, 0.25) is 0 Å². The minimum Gasteiger partial charge on any atom is -0.238 e. The Morgan fingerprint density at radius 2 is 2.27 bits per heavy atom. The van der Waals surface area contributed by atoms with Gasteiger partial charge in [-0.2, -0.15) is 0 Å². The lowest BCUT2D eigenvalue weighted by Crippen LogP contribution is -1.85. The molecule has 2 heteroatoms. The minimum atomic E-state index is -1.06. The van der Waals surface area contributed by atoms with Gasteiger partial charge >= 0.3 is 0 Å². The van der Waals surface area contributed by atoms with Gasteiger partial charge in [-0.3, -0.25) is 0 Å². The lowest BCUT2D eigenvalue weighted by Gasteiger charge is -2.01. The molecular weight excluding hydrogens is 207 g/mol. The van der Waals surface area contributed by atoms with Crippen LogP contribution in [0.3, 0.4) is 0 Å². The van der Waals surface area contributed by atoms with Crippen LogP contribution >= 0.6 is 15.9 Å². The topological polar surface area (TPSA) is 0 Å². The smallest absolute Gasteiger partial charge is 0.143 e. The quantitative estimate of drug-likeness (QED) is 0.660. The zero-order valence-electron chi connectivity index (χ0n) is 5.93. The number of hydrogen-bond donors (Lipinski definition) is 0. The van der Waals surface area contributed by atoms with Crippen molar-refractivity contribution in [3.63, 3.8) is 0 Å². The Kier molecular flexibility index (Phi) is 2.83. The average molecular weight is 215 g/mol. The fourth-order valence-electron chi connectivity index (χ4n) is 0.814. The van der Waals surface area contributed by atoms with Crippen LogP contribution in [0.4, 0.5) is 4.39 Å². The Morgan fingerprint density at radius 1 is 1.55 bits per heavy atom. The third-order valence-corrected chi connectivity index (χ3v) is 1.87. The van der Waals surface area contributed by atoms with Crippen molar-refractivity contribution in [1.82, 2.24) is 0 Å². The van der Waals surface area contributed by atoms with E-state index in [2.05, 4.69) is 22.5 Å². The van der Waals surface area contributed by atoms with Crippen LogP contribution in [0.15, 0.2) is 41.4 Å². The molecule has 1 rings (SSSR count). The molecule has 0 bridgehead atoms. The molecule has 0 saturated carbocycles. The lowest BCUT2D eigenvalue weighted by molar-refractivity contribution is 0.415. The molecule has 0 fully saturated rings. The van der Waals surface area contributed by atoms with Crippen molar-refractivity contribution >= 4 is 15.9 Å². The van der Waals surface area contributed by atoms with Crippen molar-refractivity contribution in [2.75, 3.05) is 0 Å². The van der Waals surface area contributed by atoms with E-state index in [0.29, 0.717) is 5.56 Å². The second-order valence-electron chi connectivity index (χ2n) is 2.19. The van der Waals surface area contributed by atoms with Crippen LogP contribution in [0.2, 0.25) is 0 Å². The predicted octanol–water partition coefficient (Wildman–Crippen LogP) is 3.65. The molecule has 0 aromatic heterocycles. The van der Waals surface area contributed by atoms with Crippen molar-refractivity contribution in [3.05, 3.63) is 47.0 Å². The molecule has 0 aliphatic carbocycles. The first-order valence-corrected chi connectivity index (χ1v) is 4.05. The average Bonchev–Trinajstić information content (AvgIpc) is 2.03. The molecule has 1 aromatic carbocycles. The Labute approximate surface area is 73.9 Å². The summed E-state index contributed by atoms with van der Waals surface area (Å²) in [6, 6.07) is 7.14. The fraction of sp³-hybridized carbons (Fsp3) is 0.111. The van der Waals surface area contributed by atoms with E-state index in [4.69, 9.17) is 0 Å². The number of rotatable bonds is 2. The molecule has 0 heterocycles. The number of hydrogen-bond acceptors (Lipinski definition) is 0. The van der Waals surface area contributed by atoms with Gasteiger partial charge in [0.1, 0.15) is 6.17 Å².